The predicted octanol–water partition coefficient (Wildman–Crippen LogP) is 1.81. The van der Waals surface area contributed by atoms with Gasteiger partial charge in [0.25, 0.3) is 0 Å². The fourth-order valence-corrected chi connectivity index (χ4v) is 3.97. The van der Waals surface area contributed by atoms with Crippen LogP contribution < -0.4 is 25.0 Å². The van der Waals surface area contributed by atoms with E-state index < -0.39 is 11.8 Å². The number of carbonyl (C=O) groups is 2. The van der Waals surface area contributed by atoms with Crippen LogP contribution in [0.15, 0.2) is 36.4 Å². The van der Waals surface area contributed by atoms with Gasteiger partial charge in [0.1, 0.15) is 13.2 Å². The molecule has 1 unspecified atom stereocenters. The van der Waals surface area contributed by atoms with Crippen LogP contribution in [-0.2, 0) is 16.0 Å². The van der Waals surface area contributed by atoms with Crippen LogP contribution in [0.1, 0.15) is 17.2 Å². The van der Waals surface area contributed by atoms with Crippen LogP contribution in [0.3, 0.4) is 0 Å². The minimum absolute atomic E-state index is 0.0396. The van der Waals surface area contributed by atoms with Crippen LogP contribution in [0, 0.1) is 0 Å². The molecule has 2 aromatic carbocycles. The molecule has 0 bridgehead atoms. The molecule has 0 spiro atoms. The van der Waals surface area contributed by atoms with Gasteiger partial charge in [-0.1, -0.05) is 12.1 Å². The van der Waals surface area contributed by atoms with E-state index in [9.17, 15) is 9.59 Å². The second kappa shape index (κ2) is 8.85. The van der Waals surface area contributed by atoms with E-state index in [1.54, 1.807) is 18.2 Å². The lowest BCUT2D eigenvalue weighted by Crippen LogP contribution is -2.40. The number of rotatable bonds is 5. The van der Waals surface area contributed by atoms with Gasteiger partial charge in [0, 0.05) is 37.6 Å². The van der Waals surface area contributed by atoms with Crippen molar-refractivity contribution in [3.05, 3.63) is 47.5 Å². The monoisotopic (exact) mass is 424 g/mol. The van der Waals surface area contributed by atoms with Gasteiger partial charge in [-0.2, -0.15) is 0 Å². The molecule has 1 atom stereocenters. The van der Waals surface area contributed by atoms with Crippen molar-refractivity contribution in [1.82, 2.24) is 10.2 Å². The molecule has 0 saturated carbocycles. The van der Waals surface area contributed by atoms with Gasteiger partial charge in [-0.3, -0.25) is 9.59 Å². The summed E-state index contributed by atoms with van der Waals surface area (Å²) < 4.78 is 11.0. The number of fused-ring (bicyclic) bond motifs is 2. The minimum Gasteiger partial charge on any atom is -0.486 e. The highest BCUT2D eigenvalue weighted by atomic mass is 16.6. The van der Waals surface area contributed by atoms with E-state index in [-0.39, 0.29) is 6.04 Å². The molecule has 2 aliphatic heterocycles. The van der Waals surface area contributed by atoms with E-state index >= 15 is 0 Å². The topological polar surface area (TPSA) is 83.1 Å². The van der Waals surface area contributed by atoms with Crippen molar-refractivity contribution >= 4 is 23.2 Å². The minimum atomic E-state index is -0.718. The first kappa shape index (κ1) is 21.0. The van der Waals surface area contributed by atoms with Crippen molar-refractivity contribution in [2.24, 2.45) is 0 Å². The Labute approximate surface area is 182 Å². The van der Waals surface area contributed by atoms with Crippen LogP contribution in [0.5, 0.6) is 11.5 Å². The molecular weight excluding hydrogens is 396 g/mol. The Morgan fingerprint density at radius 2 is 1.84 bits per heavy atom. The molecule has 4 rings (SSSR count). The number of hydrogen-bond donors (Lipinski definition) is 2. The maximum Gasteiger partial charge on any atom is 0.313 e. The lowest BCUT2D eigenvalue weighted by atomic mass is 10.0. The third kappa shape index (κ3) is 4.59. The SMILES string of the molecule is CN1CCc2cc(C(CNC(=O)C(=O)Nc3ccc4c(c3)OCCO4)N(C)C)ccc21. The van der Waals surface area contributed by atoms with Crippen LogP contribution in [0.2, 0.25) is 0 Å². The number of nitrogens with zero attached hydrogens (tertiary/aromatic N) is 2. The number of likely N-dealkylation sites (N-methyl/N-ethyl adjacent to an activating group) is 2. The van der Waals surface area contributed by atoms with E-state index in [1.807, 2.05) is 19.0 Å². The normalized spacial score (nSPS) is 15.4. The molecule has 8 nitrogen and oxygen atoms in total. The van der Waals surface area contributed by atoms with Gasteiger partial charge in [0.2, 0.25) is 0 Å². The first-order valence-corrected chi connectivity index (χ1v) is 10.4. The summed E-state index contributed by atoms with van der Waals surface area (Å²) in [4.78, 5) is 29.1. The molecule has 0 radical (unpaired) electrons. The number of hydrogen-bond acceptors (Lipinski definition) is 6. The van der Waals surface area contributed by atoms with Crippen LogP contribution >= 0.6 is 0 Å². The molecule has 0 aromatic heterocycles. The Bertz CT molecular complexity index is 992. The maximum absolute atomic E-state index is 12.4. The summed E-state index contributed by atoms with van der Waals surface area (Å²) in [5, 5.41) is 5.38. The zero-order valence-electron chi connectivity index (χ0n) is 18.1. The third-order valence-electron chi connectivity index (χ3n) is 5.70. The van der Waals surface area contributed by atoms with Gasteiger partial charge in [-0.25, -0.2) is 0 Å². The average Bonchev–Trinajstić information content (AvgIpc) is 3.13. The first-order chi connectivity index (χ1) is 14.9. The Kier molecular flexibility index (Phi) is 5.99. The predicted molar refractivity (Wildman–Crippen MR) is 119 cm³/mol. The van der Waals surface area contributed by atoms with Gasteiger partial charge < -0.3 is 29.9 Å². The molecular formula is C23H28N4O4. The van der Waals surface area contributed by atoms with Gasteiger partial charge in [-0.15, -0.1) is 0 Å². The molecule has 0 fully saturated rings. The smallest absolute Gasteiger partial charge is 0.313 e. The molecule has 0 saturated heterocycles. The fourth-order valence-electron chi connectivity index (χ4n) is 3.97. The van der Waals surface area contributed by atoms with Crippen molar-refractivity contribution in [1.29, 1.82) is 0 Å². The number of ether oxygens (including phenoxy) is 2. The summed E-state index contributed by atoms with van der Waals surface area (Å²) in [6, 6.07) is 11.4. The number of amides is 2. The summed E-state index contributed by atoms with van der Waals surface area (Å²) in [5.41, 5.74) is 4.17. The quantitative estimate of drug-likeness (QED) is 0.713. The Morgan fingerprint density at radius 3 is 2.61 bits per heavy atom. The summed E-state index contributed by atoms with van der Waals surface area (Å²) in [6.45, 7) is 2.29. The standard InChI is InChI=1S/C23H28N4O4/c1-26(2)19(15-4-6-18-16(12-15)8-9-27(18)3)14-24-22(28)23(29)25-17-5-7-20-21(13-17)31-11-10-30-20/h4-7,12-13,19H,8-11,14H2,1-3H3,(H,24,28)(H,25,29). The van der Waals surface area contributed by atoms with E-state index in [1.165, 1.54) is 11.3 Å². The number of nitrogens with one attached hydrogen (secondary N) is 2. The van der Waals surface area contributed by atoms with Crippen LogP contribution in [-0.4, -0.2) is 64.2 Å². The van der Waals surface area contributed by atoms with Gasteiger partial charge >= 0.3 is 11.8 Å². The molecule has 164 valence electrons. The number of anilines is 2. The van der Waals surface area contributed by atoms with Crippen LogP contribution in [0.4, 0.5) is 11.4 Å². The molecule has 2 amide bonds. The van der Waals surface area contributed by atoms with E-state index in [0.29, 0.717) is 36.9 Å². The summed E-state index contributed by atoms with van der Waals surface area (Å²) in [5.74, 6) is -0.213. The molecule has 2 heterocycles. The Balaban J connectivity index is 1.37. The Morgan fingerprint density at radius 1 is 1.06 bits per heavy atom. The lowest BCUT2D eigenvalue weighted by Gasteiger charge is -2.26. The highest BCUT2D eigenvalue weighted by molar-refractivity contribution is 6.39. The van der Waals surface area contributed by atoms with Crippen molar-refractivity contribution in [2.75, 3.05) is 57.7 Å². The maximum atomic E-state index is 12.4. The Hall–Kier alpha value is -3.26. The van der Waals surface area contributed by atoms with E-state index in [4.69, 9.17) is 9.47 Å². The lowest BCUT2D eigenvalue weighted by molar-refractivity contribution is -0.136. The molecule has 8 heteroatoms. The summed E-state index contributed by atoms with van der Waals surface area (Å²) >= 11 is 0. The highest BCUT2D eigenvalue weighted by Gasteiger charge is 2.22. The van der Waals surface area contributed by atoms with Gasteiger partial charge in [-0.05, 0) is 49.8 Å². The zero-order chi connectivity index (χ0) is 22.0. The molecule has 2 aliphatic rings. The summed E-state index contributed by atoms with van der Waals surface area (Å²) in [6.07, 6.45) is 1.02. The van der Waals surface area contributed by atoms with Gasteiger partial charge in [0.05, 0.1) is 6.04 Å². The molecule has 31 heavy (non-hydrogen) atoms. The number of benzene rings is 2. The van der Waals surface area contributed by atoms with Crippen molar-refractivity contribution in [2.45, 2.75) is 12.5 Å². The van der Waals surface area contributed by atoms with Crippen LogP contribution in [0.25, 0.3) is 0 Å². The number of carbonyl (C=O) groups excluding carboxylic acids is 2. The third-order valence-corrected chi connectivity index (χ3v) is 5.70. The van der Waals surface area contributed by atoms with Gasteiger partial charge in [0.15, 0.2) is 11.5 Å². The van der Waals surface area contributed by atoms with Crippen molar-refractivity contribution in [3.8, 4) is 11.5 Å². The van der Waals surface area contributed by atoms with Crippen molar-refractivity contribution in [3.63, 3.8) is 0 Å². The summed E-state index contributed by atoms with van der Waals surface area (Å²) in [7, 11) is 6.02. The molecule has 2 N–H and O–H groups in total. The molecule has 2 aromatic rings. The largest absolute Gasteiger partial charge is 0.486 e. The second-order valence-electron chi connectivity index (χ2n) is 8.06. The fraction of sp³-hybridized carbons (Fsp3) is 0.391. The first-order valence-electron chi connectivity index (χ1n) is 10.4. The van der Waals surface area contributed by atoms with Crippen molar-refractivity contribution < 1.29 is 19.1 Å². The zero-order valence-corrected chi connectivity index (χ0v) is 18.1. The second-order valence-corrected chi connectivity index (χ2v) is 8.06. The average molecular weight is 425 g/mol. The highest BCUT2D eigenvalue weighted by Crippen LogP contribution is 2.33. The van der Waals surface area contributed by atoms with E-state index in [2.05, 4.69) is 40.8 Å². The van der Waals surface area contributed by atoms with E-state index in [0.717, 1.165) is 18.5 Å². The molecule has 0 aliphatic carbocycles.